The first-order chi connectivity index (χ1) is 15.5. The van der Waals surface area contributed by atoms with Crippen LogP contribution in [0.4, 0.5) is 0 Å². The molecule has 2 aromatic rings. The average molecular weight is 494 g/mol. The summed E-state index contributed by atoms with van der Waals surface area (Å²) in [6, 6.07) is 13.5. The monoisotopic (exact) mass is 493 g/mol. The molecule has 0 aromatic heterocycles. The lowest BCUT2D eigenvalue weighted by atomic mass is 10.0. The van der Waals surface area contributed by atoms with Crippen LogP contribution in [0.3, 0.4) is 0 Å². The molecule has 0 bridgehead atoms. The number of piperidine rings is 1. The number of carbonyl (C=O) groups excluding carboxylic acids is 1. The summed E-state index contributed by atoms with van der Waals surface area (Å²) in [6.07, 6.45) is 0.903. The molecule has 1 atom stereocenters. The van der Waals surface area contributed by atoms with Crippen LogP contribution < -0.4 is 10.0 Å². The van der Waals surface area contributed by atoms with Crippen molar-refractivity contribution in [3.63, 3.8) is 0 Å². The lowest BCUT2D eigenvalue weighted by Gasteiger charge is -2.33. The first-order valence-electron chi connectivity index (χ1n) is 11.0. The maximum atomic E-state index is 12.9. The summed E-state index contributed by atoms with van der Waals surface area (Å²) in [5, 5.41) is 2.91. The Morgan fingerprint density at radius 1 is 0.909 bits per heavy atom. The van der Waals surface area contributed by atoms with E-state index in [4.69, 9.17) is 0 Å². The highest BCUT2D eigenvalue weighted by molar-refractivity contribution is 7.89. The SMILES string of the molecule is Cc1ccc(S(=O)(=O)N2CCC(NC(=O)[C@@H](NS(=O)(=O)c3ccccc3)C(C)C)CC2)cc1. The Kier molecular flexibility index (Phi) is 7.94. The van der Waals surface area contributed by atoms with Gasteiger partial charge in [-0.3, -0.25) is 4.79 Å². The zero-order chi connectivity index (χ0) is 24.2. The maximum Gasteiger partial charge on any atom is 0.243 e. The van der Waals surface area contributed by atoms with E-state index in [9.17, 15) is 21.6 Å². The van der Waals surface area contributed by atoms with Crippen LogP contribution in [0.15, 0.2) is 64.4 Å². The summed E-state index contributed by atoms with van der Waals surface area (Å²) in [6.45, 7) is 6.00. The Morgan fingerprint density at radius 2 is 1.48 bits per heavy atom. The van der Waals surface area contributed by atoms with Crippen molar-refractivity contribution in [2.24, 2.45) is 5.92 Å². The molecule has 0 aliphatic carbocycles. The smallest absolute Gasteiger partial charge is 0.243 e. The van der Waals surface area contributed by atoms with Gasteiger partial charge in [-0.15, -0.1) is 0 Å². The van der Waals surface area contributed by atoms with Crippen molar-refractivity contribution in [3.05, 3.63) is 60.2 Å². The minimum absolute atomic E-state index is 0.0954. The molecule has 33 heavy (non-hydrogen) atoms. The number of carbonyl (C=O) groups is 1. The van der Waals surface area contributed by atoms with Crippen LogP contribution in [-0.2, 0) is 24.8 Å². The molecule has 1 fully saturated rings. The maximum absolute atomic E-state index is 12.9. The minimum Gasteiger partial charge on any atom is -0.352 e. The number of amides is 1. The fraction of sp³-hybridized carbons (Fsp3) is 0.435. The molecule has 1 saturated heterocycles. The number of nitrogens with zero attached hydrogens (tertiary/aromatic N) is 1. The van der Waals surface area contributed by atoms with Gasteiger partial charge in [-0.1, -0.05) is 49.7 Å². The zero-order valence-corrected chi connectivity index (χ0v) is 20.7. The van der Waals surface area contributed by atoms with Crippen LogP contribution in [0.25, 0.3) is 0 Å². The van der Waals surface area contributed by atoms with Gasteiger partial charge in [0.15, 0.2) is 0 Å². The second kappa shape index (κ2) is 10.3. The summed E-state index contributed by atoms with van der Waals surface area (Å²) in [7, 11) is -7.44. The molecule has 1 aliphatic rings. The Balaban J connectivity index is 1.61. The summed E-state index contributed by atoms with van der Waals surface area (Å²) in [5.74, 6) is -0.685. The number of aryl methyl sites for hydroxylation is 1. The van der Waals surface area contributed by atoms with Crippen LogP contribution in [0, 0.1) is 12.8 Å². The third-order valence-corrected chi connectivity index (χ3v) is 9.11. The van der Waals surface area contributed by atoms with Crippen molar-refractivity contribution >= 4 is 26.0 Å². The van der Waals surface area contributed by atoms with E-state index < -0.39 is 32.0 Å². The van der Waals surface area contributed by atoms with Crippen LogP contribution >= 0.6 is 0 Å². The van der Waals surface area contributed by atoms with E-state index in [1.54, 1.807) is 56.3 Å². The number of sulfonamides is 2. The van der Waals surface area contributed by atoms with Crippen molar-refractivity contribution in [2.75, 3.05) is 13.1 Å². The Bertz CT molecular complexity index is 1160. The molecule has 1 heterocycles. The highest BCUT2D eigenvalue weighted by atomic mass is 32.2. The average Bonchev–Trinajstić information content (AvgIpc) is 2.78. The van der Waals surface area contributed by atoms with E-state index in [1.165, 1.54) is 16.4 Å². The summed E-state index contributed by atoms with van der Waals surface area (Å²) in [5.41, 5.74) is 0.984. The normalized spacial score (nSPS) is 17.1. The molecular weight excluding hydrogens is 462 g/mol. The largest absolute Gasteiger partial charge is 0.352 e. The quantitative estimate of drug-likeness (QED) is 0.586. The van der Waals surface area contributed by atoms with Crippen LogP contribution in [0.5, 0.6) is 0 Å². The van der Waals surface area contributed by atoms with Gasteiger partial charge < -0.3 is 5.32 Å². The van der Waals surface area contributed by atoms with Gasteiger partial charge in [0, 0.05) is 19.1 Å². The first-order valence-corrected chi connectivity index (χ1v) is 13.9. The van der Waals surface area contributed by atoms with Gasteiger partial charge >= 0.3 is 0 Å². The molecular formula is C23H31N3O5S2. The predicted molar refractivity (Wildman–Crippen MR) is 126 cm³/mol. The van der Waals surface area contributed by atoms with E-state index in [0.717, 1.165) is 5.56 Å². The molecule has 0 saturated carbocycles. The van der Waals surface area contributed by atoms with Crippen LogP contribution in [0.2, 0.25) is 0 Å². The molecule has 0 unspecified atom stereocenters. The Hall–Kier alpha value is -2.27. The van der Waals surface area contributed by atoms with Crippen molar-refractivity contribution in [2.45, 2.75) is 55.5 Å². The first kappa shape index (κ1) is 25.4. The Morgan fingerprint density at radius 3 is 2.03 bits per heavy atom. The highest BCUT2D eigenvalue weighted by Gasteiger charge is 2.33. The molecule has 1 amide bonds. The van der Waals surface area contributed by atoms with Gasteiger partial charge in [0.2, 0.25) is 26.0 Å². The molecule has 0 radical (unpaired) electrons. The van der Waals surface area contributed by atoms with Gasteiger partial charge in [-0.05, 0) is 49.9 Å². The summed E-state index contributed by atoms with van der Waals surface area (Å²) in [4.78, 5) is 13.3. The summed E-state index contributed by atoms with van der Waals surface area (Å²) >= 11 is 0. The van der Waals surface area contributed by atoms with Gasteiger partial charge in [0.1, 0.15) is 6.04 Å². The summed E-state index contributed by atoms with van der Waals surface area (Å²) < 4.78 is 55.1. The van der Waals surface area contributed by atoms with Gasteiger partial charge in [0.05, 0.1) is 9.79 Å². The second-order valence-corrected chi connectivity index (χ2v) is 12.3. The topological polar surface area (TPSA) is 113 Å². The molecule has 8 nitrogen and oxygen atoms in total. The molecule has 1 aliphatic heterocycles. The number of rotatable bonds is 8. The third-order valence-electron chi connectivity index (χ3n) is 5.74. The highest BCUT2D eigenvalue weighted by Crippen LogP contribution is 2.21. The number of hydrogen-bond acceptors (Lipinski definition) is 5. The molecule has 10 heteroatoms. The third kappa shape index (κ3) is 6.20. The van der Waals surface area contributed by atoms with Crippen molar-refractivity contribution in [1.82, 2.24) is 14.3 Å². The fourth-order valence-electron chi connectivity index (χ4n) is 3.72. The van der Waals surface area contributed by atoms with Gasteiger partial charge in [-0.25, -0.2) is 16.8 Å². The molecule has 0 spiro atoms. The zero-order valence-electron chi connectivity index (χ0n) is 19.1. The fourth-order valence-corrected chi connectivity index (χ4v) is 6.55. The lowest BCUT2D eigenvalue weighted by Crippen LogP contribution is -2.54. The second-order valence-electron chi connectivity index (χ2n) is 8.66. The molecule has 2 N–H and O–H groups in total. The van der Waals surface area contributed by atoms with E-state index >= 15 is 0 Å². The molecule has 3 rings (SSSR count). The lowest BCUT2D eigenvalue weighted by molar-refractivity contribution is -0.124. The van der Waals surface area contributed by atoms with Crippen molar-refractivity contribution < 1.29 is 21.6 Å². The van der Waals surface area contributed by atoms with E-state index in [0.29, 0.717) is 12.8 Å². The molecule has 180 valence electrons. The molecule has 2 aromatic carbocycles. The number of nitrogens with one attached hydrogen (secondary N) is 2. The van der Waals surface area contributed by atoms with Crippen molar-refractivity contribution in [3.8, 4) is 0 Å². The minimum atomic E-state index is -3.85. The van der Waals surface area contributed by atoms with Gasteiger partial charge in [-0.2, -0.15) is 9.03 Å². The van der Waals surface area contributed by atoms with E-state index in [1.807, 2.05) is 6.92 Å². The van der Waals surface area contributed by atoms with E-state index in [2.05, 4.69) is 10.0 Å². The standard InChI is InChI=1S/C23H31N3O5S2/c1-17(2)22(25-32(28,29)20-7-5-4-6-8-20)23(27)24-19-13-15-26(16-14-19)33(30,31)21-11-9-18(3)10-12-21/h4-12,17,19,22,25H,13-16H2,1-3H3,(H,24,27)/t22-/m0/s1. The number of benzene rings is 2. The van der Waals surface area contributed by atoms with Crippen LogP contribution in [-0.4, -0.2) is 52.2 Å². The van der Waals surface area contributed by atoms with Crippen LogP contribution in [0.1, 0.15) is 32.3 Å². The van der Waals surface area contributed by atoms with Gasteiger partial charge in [0.25, 0.3) is 0 Å². The Labute approximate surface area is 196 Å². The number of hydrogen-bond donors (Lipinski definition) is 2. The van der Waals surface area contributed by atoms with Crippen molar-refractivity contribution in [1.29, 1.82) is 0 Å². The van der Waals surface area contributed by atoms with E-state index in [-0.39, 0.29) is 34.8 Å². The predicted octanol–water partition coefficient (Wildman–Crippen LogP) is 2.27.